The molecule has 0 spiro atoms. The lowest BCUT2D eigenvalue weighted by molar-refractivity contribution is 0.101. The van der Waals surface area contributed by atoms with Gasteiger partial charge in [-0.25, -0.2) is 0 Å². The minimum Gasteiger partial charge on any atom is -0.507 e. The van der Waals surface area contributed by atoms with Crippen molar-refractivity contribution in [3.63, 3.8) is 0 Å². The van der Waals surface area contributed by atoms with E-state index < -0.39 is 0 Å². The summed E-state index contributed by atoms with van der Waals surface area (Å²) < 4.78 is 5.61. The third-order valence-electron chi connectivity index (χ3n) is 3.88. The summed E-state index contributed by atoms with van der Waals surface area (Å²) in [6.07, 6.45) is 4.61. The summed E-state index contributed by atoms with van der Waals surface area (Å²) in [6, 6.07) is 4.85. The Morgan fingerprint density at radius 1 is 1.14 bits per heavy atom. The fourth-order valence-electron chi connectivity index (χ4n) is 2.42. The van der Waals surface area contributed by atoms with Crippen LogP contribution in [0.1, 0.15) is 56.8 Å². The molecule has 0 fully saturated rings. The number of rotatable bonds is 11. The summed E-state index contributed by atoms with van der Waals surface area (Å²) in [6.45, 7) is 9.90. The van der Waals surface area contributed by atoms with Crippen LogP contribution in [0.5, 0.6) is 11.5 Å². The minimum atomic E-state index is -0.141. The van der Waals surface area contributed by atoms with Crippen LogP contribution in [0.15, 0.2) is 18.2 Å². The predicted octanol–water partition coefficient (Wildman–Crippen LogP) is 3.88. The van der Waals surface area contributed by atoms with Gasteiger partial charge in [-0.2, -0.15) is 0 Å². The van der Waals surface area contributed by atoms with Gasteiger partial charge in [-0.05, 0) is 51.5 Å². The molecule has 0 unspecified atom stereocenters. The molecule has 0 aromatic heterocycles. The number of phenolic OH excluding ortho intramolecular Hbond substituents is 1. The van der Waals surface area contributed by atoms with Crippen molar-refractivity contribution in [2.45, 2.75) is 46.5 Å². The molecule has 0 aliphatic carbocycles. The molecule has 4 heteroatoms. The number of ketones is 1. The monoisotopic (exact) mass is 307 g/mol. The van der Waals surface area contributed by atoms with Crippen LogP contribution >= 0.6 is 0 Å². The van der Waals surface area contributed by atoms with Gasteiger partial charge in [0.15, 0.2) is 5.78 Å². The third kappa shape index (κ3) is 6.48. The SMILES string of the molecule is CCN(CC)CCCCCCOc1ccc(C(C)=O)c(O)c1. The summed E-state index contributed by atoms with van der Waals surface area (Å²) in [7, 11) is 0. The predicted molar refractivity (Wildman–Crippen MR) is 89.9 cm³/mol. The Morgan fingerprint density at radius 2 is 1.82 bits per heavy atom. The van der Waals surface area contributed by atoms with Crippen molar-refractivity contribution < 1.29 is 14.6 Å². The highest BCUT2D eigenvalue weighted by atomic mass is 16.5. The average molecular weight is 307 g/mol. The number of carbonyl (C=O) groups is 1. The molecule has 0 saturated carbocycles. The number of phenols is 1. The highest BCUT2D eigenvalue weighted by Gasteiger charge is 2.07. The van der Waals surface area contributed by atoms with Gasteiger partial charge in [0.05, 0.1) is 12.2 Å². The maximum absolute atomic E-state index is 11.2. The van der Waals surface area contributed by atoms with E-state index in [0.717, 1.165) is 25.9 Å². The average Bonchev–Trinajstić information content (AvgIpc) is 2.50. The van der Waals surface area contributed by atoms with Crippen LogP contribution in [0, 0.1) is 0 Å². The highest BCUT2D eigenvalue weighted by molar-refractivity contribution is 5.96. The molecular weight excluding hydrogens is 278 g/mol. The number of carbonyl (C=O) groups excluding carboxylic acids is 1. The summed E-state index contributed by atoms with van der Waals surface area (Å²) in [4.78, 5) is 13.7. The van der Waals surface area contributed by atoms with E-state index >= 15 is 0 Å². The van der Waals surface area contributed by atoms with E-state index in [1.54, 1.807) is 12.1 Å². The number of unbranched alkanes of at least 4 members (excludes halogenated alkanes) is 3. The molecule has 1 rings (SSSR count). The summed E-state index contributed by atoms with van der Waals surface area (Å²) in [5.74, 6) is 0.465. The lowest BCUT2D eigenvalue weighted by atomic mass is 10.1. The Bertz CT molecular complexity index is 456. The summed E-state index contributed by atoms with van der Waals surface area (Å²) in [5, 5.41) is 9.73. The van der Waals surface area contributed by atoms with Crippen molar-refractivity contribution in [2.75, 3.05) is 26.2 Å². The second kappa shape index (κ2) is 10.2. The van der Waals surface area contributed by atoms with Gasteiger partial charge < -0.3 is 14.7 Å². The van der Waals surface area contributed by atoms with Crippen molar-refractivity contribution in [1.29, 1.82) is 0 Å². The molecule has 22 heavy (non-hydrogen) atoms. The van der Waals surface area contributed by atoms with E-state index in [2.05, 4.69) is 18.7 Å². The third-order valence-corrected chi connectivity index (χ3v) is 3.88. The van der Waals surface area contributed by atoms with E-state index in [-0.39, 0.29) is 11.5 Å². The quantitative estimate of drug-likeness (QED) is 0.498. The number of ether oxygens (including phenoxy) is 1. The number of nitrogens with zero attached hydrogens (tertiary/aromatic N) is 1. The van der Waals surface area contributed by atoms with Crippen LogP contribution in [0.4, 0.5) is 0 Å². The van der Waals surface area contributed by atoms with Gasteiger partial charge in [0.1, 0.15) is 11.5 Å². The van der Waals surface area contributed by atoms with Crippen LogP contribution in [-0.2, 0) is 0 Å². The number of Topliss-reactive ketones (excluding diaryl/α,β-unsaturated/α-hetero) is 1. The fraction of sp³-hybridized carbons (Fsp3) is 0.611. The summed E-state index contributed by atoms with van der Waals surface area (Å²) in [5.41, 5.74) is 0.337. The molecule has 0 heterocycles. The number of aromatic hydroxyl groups is 1. The first-order valence-corrected chi connectivity index (χ1v) is 8.27. The Balaban J connectivity index is 2.17. The van der Waals surface area contributed by atoms with Crippen molar-refractivity contribution in [1.82, 2.24) is 4.90 Å². The van der Waals surface area contributed by atoms with E-state index in [4.69, 9.17) is 4.74 Å². The molecule has 124 valence electrons. The zero-order valence-electron chi connectivity index (χ0n) is 14.1. The first-order chi connectivity index (χ1) is 10.6. The molecule has 1 aromatic carbocycles. The first kappa shape index (κ1) is 18.5. The molecule has 0 aliphatic heterocycles. The van der Waals surface area contributed by atoms with E-state index in [9.17, 15) is 9.90 Å². The van der Waals surface area contributed by atoms with Crippen LogP contribution in [-0.4, -0.2) is 42.0 Å². The van der Waals surface area contributed by atoms with Gasteiger partial charge in [0.2, 0.25) is 0 Å². The van der Waals surface area contributed by atoms with E-state index in [1.165, 1.54) is 32.4 Å². The molecule has 4 nitrogen and oxygen atoms in total. The number of benzene rings is 1. The maximum atomic E-state index is 11.2. The van der Waals surface area contributed by atoms with Gasteiger partial charge in [-0.3, -0.25) is 4.79 Å². The molecular formula is C18H29NO3. The topological polar surface area (TPSA) is 49.8 Å². The van der Waals surface area contributed by atoms with Crippen molar-refractivity contribution >= 4 is 5.78 Å². The Morgan fingerprint density at radius 3 is 2.41 bits per heavy atom. The summed E-state index contributed by atoms with van der Waals surface area (Å²) >= 11 is 0. The zero-order chi connectivity index (χ0) is 16.4. The fourth-order valence-corrected chi connectivity index (χ4v) is 2.42. The normalized spacial score (nSPS) is 10.9. The lowest BCUT2D eigenvalue weighted by Crippen LogP contribution is -2.23. The van der Waals surface area contributed by atoms with Crippen LogP contribution in [0.2, 0.25) is 0 Å². The van der Waals surface area contributed by atoms with E-state index in [1.807, 2.05) is 0 Å². The zero-order valence-corrected chi connectivity index (χ0v) is 14.1. The second-order valence-corrected chi connectivity index (χ2v) is 5.52. The molecule has 0 saturated heterocycles. The lowest BCUT2D eigenvalue weighted by Gasteiger charge is -2.17. The van der Waals surface area contributed by atoms with Gasteiger partial charge in [-0.1, -0.05) is 26.7 Å². The van der Waals surface area contributed by atoms with E-state index in [0.29, 0.717) is 17.9 Å². The Kier molecular flexibility index (Phi) is 8.60. The second-order valence-electron chi connectivity index (χ2n) is 5.52. The minimum absolute atomic E-state index is 0.00998. The van der Waals surface area contributed by atoms with Crippen molar-refractivity contribution in [3.8, 4) is 11.5 Å². The molecule has 0 radical (unpaired) electrons. The molecule has 0 atom stereocenters. The molecule has 1 aromatic rings. The molecule has 0 bridgehead atoms. The molecule has 1 N–H and O–H groups in total. The molecule has 0 aliphatic rings. The Hall–Kier alpha value is -1.55. The van der Waals surface area contributed by atoms with Gasteiger partial charge in [0, 0.05) is 6.07 Å². The van der Waals surface area contributed by atoms with Gasteiger partial charge in [0.25, 0.3) is 0 Å². The standard InChI is InChI=1S/C18H29NO3/c1-4-19(5-2)12-8-6-7-9-13-22-16-10-11-17(15(3)20)18(21)14-16/h10-11,14,21H,4-9,12-13H2,1-3H3. The van der Waals surface area contributed by atoms with Crippen molar-refractivity contribution in [2.24, 2.45) is 0 Å². The Labute approximate surface area is 134 Å². The smallest absolute Gasteiger partial charge is 0.163 e. The van der Waals surface area contributed by atoms with Crippen molar-refractivity contribution in [3.05, 3.63) is 23.8 Å². The van der Waals surface area contributed by atoms with Gasteiger partial charge in [-0.15, -0.1) is 0 Å². The van der Waals surface area contributed by atoms with Gasteiger partial charge >= 0.3 is 0 Å². The van der Waals surface area contributed by atoms with Crippen LogP contribution in [0.3, 0.4) is 0 Å². The molecule has 0 amide bonds. The highest BCUT2D eigenvalue weighted by Crippen LogP contribution is 2.24. The largest absolute Gasteiger partial charge is 0.507 e. The number of hydrogen-bond acceptors (Lipinski definition) is 4. The maximum Gasteiger partial charge on any atom is 0.163 e. The first-order valence-electron chi connectivity index (χ1n) is 8.27. The van der Waals surface area contributed by atoms with Crippen LogP contribution in [0.25, 0.3) is 0 Å². The van der Waals surface area contributed by atoms with Crippen LogP contribution < -0.4 is 4.74 Å². The number of hydrogen-bond donors (Lipinski definition) is 1.